The van der Waals surface area contributed by atoms with Crippen LogP contribution in [-0.4, -0.2) is 24.1 Å². The molecule has 2 amide bonds. The number of unbranched alkanes of at least 4 members (excludes halogenated alkanes) is 1. The number of alkyl carbamates (subject to hydrolysis) is 1. The number of ether oxygens (including phenoxy) is 1. The number of halogens is 1. The van der Waals surface area contributed by atoms with E-state index in [0.29, 0.717) is 17.1 Å². The number of rotatable bonds is 6. The smallest absolute Gasteiger partial charge is 0.408 e. The molecule has 1 rings (SSSR count). The van der Waals surface area contributed by atoms with E-state index in [2.05, 4.69) is 10.6 Å². The van der Waals surface area contributed by atoms with Crippen molar-refractivity contribution < 1.29 is 14.3 Å². The highest BCUT2D eigenvalue weighted by Gasteiger charge is 2.25. The van der Waals surface area contributed by atoms with Crippen molar-refractivity contribution >= 4 is 23.6 Å². The van der Waals surface area contributed by atoms with Crippen LogP contribution in [0, 0.1) is 0 Å². The van der Waals surface area contributed by atoms with Gasteiger partial charge in [0.05, 0.1) is 0 Å². The quantitative estimate of drug-likeness (QED) is 0.773. The lowest BCUT2D eigenvalue weighted by Gasteiger charge is -2.23. The van der Waals surface area contributed by atoms with Crippen LogP contribution in [0.5, 0.6) is 0 Å². The van der Waals surface area contributed by atoms with Crippen LogP contribution < -0.4 is 10.6 Å². The monoisotopic (exact) mass is 340 g/mol. The van der Waals surface area contributed by atoms with Gasteiger partial charge in [0.15, 0.2) is 0 Å². The van der Waals surface area contributed by atoms with Gasteiger partial charge in [0, 0.05) is 11.6 Å². The average Bonchev–Trinajstić information content (AvgIpc) is 2.44. The second-order valence-corrected chi connectivity index (χ2v) is 6.71. The topological polar surface area (TPSA) is 67.4 Å². The number of hydrogen-bond donors (Lipinski definition) is 2. The molecule has 0 saturated heterocycles. The Morgan fingerprint density at radius 3 is 2.35 bits per heavy atom. The summed E-state index contributed by atoms with van der Waals surface area (Å²) in [6.07, 6.45) is 1.22. The predicted molar refractivity (Wildman–Crippen MR) is 91.5 cm³/mol. The van der Waals surface area contributed by atoms with E-state index in [9.17, 15) is 9.59 Å². The maximum Gasteiger partial charge on any atom is 0.408 e. The molecule has 1 aromatic carbocycles. The molecule has 0 fully saturated rings. The molecule has 2 N–H and O–H groups in total. The number of amides is 2. The Hall–Kier alpha value is -1.75. The fourth-order valence-electron chi connectivity index (χ4n) is 1.87. The molecule has 0 heterocycles. The van der Waals surface area contributed by atoms with Crippen molar-refractivity contribution in [2.45, 2.75) is 52.2 Å². The zero-order chi connectivity index (χ0) is 17.5. The normalized spacial score (nSPS) is 12.4. The maximum atomic E-state index is 12.4. The van der Waals surface area contributed by atoms with E-state index in [4.69, 9.17) is 16.3 Å². The van der Waals surface area contributed by atoms with Gasteiger partial charge in [-0.2, -0.15) is 0 Å². The summed E-state index contributed by atoms with van der Waals surface area (Å²) in [5.41, 5.74) is 0.0158. The van der Waals surface area contributed by atoms with Crippen molar-refractivity contribution in [3.8, 4) is 0 Å². The molecule has 0 radical (unpaired) electrons. The summed E-state index contributed by atoms with van der Waals surface area (Å²) < 4.78 is 5.23. The molecule has 1 atom stereocenters. The van der Waals surface area contributed by atoms with E-state index in [-0.39, 0.29) is 5.91 Å². The Labute approximate surface area is 142 Å². The SMILES string of the molecule is CCCCNC(=O)[C@H](NC(=O)OC(C)(C)C)c1ccc(Cl)cc1. The fourth-order valence-corrected chi connectivity index (χ4v) is 2.00. The second kappa shape index (κ2) is 8.77. The number of carbonyl (C=O) groups excluding carboxylic acids is 2. The van der Waals surface area contributed by atoms with Crippen LogP contribution >= 0.6 is 11.6 Å². The number of nitrogens with one attached hydrogen (secondary N) is 2. The van der Waals surface area contributed by atoms with E-state index >= 15 is 0 Å². The molecule has 0 saturated carbocycles. The lowest BCUT2D eigenvalue weighted by atomic mass is 10.1. The molecular weight excluding hydrogens is 316 g/mol. The molecule has 0 bridgehead atoms. The van der Waals surface area contributed by atoms with Crippen LogP contribution in [0.25, 0.3) is 0 Å². The first-order valence-corrected chi connectivity index (χ1v) is 8.13. The molecule has 0 aliphatic rings. The zero-order valence-electron chi connectivity index (χ0n) is 14.1. The van der Waals surface area contributed by atoms with Crippen molar-refractivity contribution in [1.82, 2.24) is 10.6 Å². The molecule has 0 spiro atoms. The fraction of sp³-hybridized carbons (Fsp3) is 0.529. The van der Waals surface area contributed by atoms with Crippen LogP contribution in [0.15, 0.2) is 24.3 Å². The zero-order valence-corrected chi connectivity index (χ0v) is 14.9. The third-order valence-electron chi connectivity index (χ3n) is 2.96. The van der Waals surface area contributed by atoms with Gasteiger partial charge in [-0.05, 0) is 44.9 Å². The summed E-state index contributed by atoms with van der Waals surface area (Å²) in [4.78, 5) is 24.4. The number of hydrogen-bond acceptors (Lipinski definition) is 3. The van der Waals surface area contributed by atoms with E-state index in [1.54, 1.807) is 45.0 Å². The van der Waals surface area contributed by atoms with Gasteiger partial charge in [0.1, 0.15) is 11.6 Å². The Kier molecular flexibility index (Phi) is 7.36. The van der Waals surface area contributed by atoms with E-state index in [1.165, 1.54) is 0 Å². The number of benzene rings is 1. The third kappa shape index (κ3) is 7.37. The average molecular weight is 341 g/mol. The first-order chi connectivity index (χ1) is 10.7. The number of carbonyl (C=O) groups is 2. The van der Waals surface area contributed by atoms with Gasteiger partial charge in [-0.3, -0.25) is 4.79 Å². The van der Waals surface area contributed by atoms with Gasteiger partial charge in [-0.25, -0.2) is 4.79 Å². The highest BCUT2D eigenvalue weighted by molar-refractivity contribution is 6.30. The molecule has 0 unspecified atom stereocenters. The van der Waals surface area contributed by atoms with Crippen LogP contribution in [0.2, 0.25) is 5.02 Å². The maximum absolute atomic E-state index is 12.4. The largest absolute Gasteiger partial charge is 0.444 e. The Balaban J connectivity index is 2.85. The molecule has 0 aliphatic carbocycles. The first kappa shape index (κ1) is 19.3. The summed E-state index contributed by atoms with van der Waals surface area (Å²) in [5, 5.41) is 6.01. The van der Waals surface area contributed by atoms with Gasteiger partial charge in [-0.15, -0.1) is 0 Å². The van der Waals surface area contributed by atoms with E-state index < -0.39 is 17.7 Å². The summed E-state index contributed by atoms with van der Waals surface area (Å²) in [6, 6.07) is 5.96. The molecule has 128 valence electrons. The van der Waals surface area contributed by atoms with Crippen LogP contribution in [0.4, 0.5) is 4.79 Å². The standard InChI is InChI=1S/C17H25ClN2O3/c1-5-6-11-19-15(21)14(12-7-9-13(18)10-8-12)20-16(22)23-17(2,3)4/h7-10,14H,5-6,11H2,1-4H3,(H,19,21)(H,20,22)/t14-/m1/s1. The summed E-state index contributed by atoms with van der Waals surface area (Å²) in [7, 11) is 0. The minimum absolute atomic E-state index is 0.272. The molecule has 1 aromatic rings. The van der Waals surface area contributed by atoms with Gasteiger partial charge < -0.3 is 15.4 Å². The van der Waals surface area contributed by atoms with Gasteiger partial charge >= 0.3 is 6.09 Å². The molecular formula is C17H25ClN2O3. The second-order valence-electron chi connectivity index (χ2n) is 6.28. The van der Waals surface area contributed by atoms with Gasteiger partial charge in [0.25, 0.3) is 0 Å². The van der Waals surface area contributed by atoms with Crippen LogP contribution in [-0.2, 0) is 9.53 Å². The Morgan fingerprint density at radius 1 is 1.22 bits per heavy atom. The summed E-state index contributed by atoms with van der Waals surface area (Å²) in [6.45, 7) is 7.92. The van der Waals surface area contributed by atoms with Crippen LogP contribution in [0.1, 0.15) is 52.1 Å². The minimum atomic E-state index is -0.820. The lowest BCUT2D eigenvalue weighted by Crippen LogP contribution is -2.42. The van der Waals surface area contributed by atoms with Crippen molar-refractivity contribution in [2.24, 2.45) is 0 Å². The van der Waals surface area contributed by atoms with Crippen molar-refractivity contribution in [2.75, 3.05) is 6.54 Å². The highest BCUT2D eigenvalue weighted by Crippen LogP contribution is 2.18. The predicted octanol–water partition coefficient (Wildman–Crippen LogP) is 3.82. The van der Waals surface area contributed by atoms with Crippen molar-refractivity contribution in [3.05, 3.63) is 34.9 Å². The van der Waals surface area contributed by atoms with Gasteiger partial charge in [-0.1, -0.05) is 37.1 Å². The molecule has 0 aromatic heterocycles. The highest BCUT2D eigenvalue weighted by atomic mass is 35.5. The molecule has 5 nitrogen and oxygen atoms in total. The Bertz CT molecular complexity index is 524. The Morgan fingerprint density at radius 2 is 1.83 bits per heavy atom. The van der Waals surface area contributed by atoms with Crippen molar-refractivity contribution in [1.29, 1.82) is 0 Å². The first-order valence-electron chi connectivity index (χ1n) is 7.75. The molecule has 6 heteroatoms. The molecule has 0 aliphatic heterocycles. The minimum Gasteiger partial charge on any atom is -0.444 e. The van der Waals surface area contributed by atoms with E-state index in [0.717, 1.165) is 12.8 Å². The van der Waals surface area contributed by atoms with Gasteiger partial charge in [0.2, 0.25) is 5.91 Å². The van der Waals surface area contributed by atoms with Crippen LogP contribution in [0.3, 0.4) is 0 Å². The summed E-state index contributed by atoms with van der Waals surface area (Å²) >= 11 is 5.88. The summed E-state index contributed by atoms with van der Waals surface area (Å²) in [5.74, 6) is -0.272. The molecule has 23 heavy (non-hydrogen) atoms. The van der Waals surface area contributed by atoms with E-state index in [1.807, 2.05) is 6.92 Å². The lowest BCUT2D eigenvalue weighted by molar-refractivity contribution is -0.123. The third-order valence-corrected chi connectivity index (χ3v) is 3.21. The van der Waals surface area contributed by atoms with Crippen molar-refractivity contribution in [3.63, 3.8) is 0 Å².